The third kappa shape index (κ3) is 5.63. The zero-order valence-corrected chi connectivity index (χ0v) is 19.5. The molecule has 0 heterocycles. The Morgan fingerprint density at radius 2 is 1.68 bits per heavy atom. The molecule has 0 bridgehead atoms. The molecule has 8 heteroatoms. The third-order valence-electron chi connectivity index (χ3n) is 4.87. The summed E-state index contributed by atoms with van der Waals surface area (Å²) in [6, 6.07) is 11.7. The minimum Gasteiger partial charge on any atom is -0.386 e. The van der Waals surface area contributed by atoms with Gasteiger partial charge in [0.15, 0.2) is 0 Å². The van der Waals surface area contributed by atoms with Gasteiger partial charge in [-0.25, -0.2) is 17.9 Å². The summed E-state index contributed by atoms with van der Waals surface area (Å²) in [5.74, 6) is 0.0170. The summed E-state index contributed by atoms with van der Waals surface area (Å²) < 4.78 is 27.8. The number of nitrogens with zero attached hydrogens (tertiary/aromatic N) is 2. The third-order valence-corrected chi connectivity index (χ3v) is 6.20. The second-order valence-electron chi connectivity index (χ2n) is 8.50. The monoisotopic (exact) mass is 443 g/mol. The van der Waals surface area contributed by atoms with E-state index in [1.54, 1.807) is 45.9 Å². The first-order chi connectivity index (χ1) is 14.3. The Morgan fingerprint density at radius 1 is 1.10 bits per heavy atom. The van der Waals surface area contributed by atoms with E-state index >= 15 is 0 Å². The number of anilines is 1. The van der Waals surface area contributed by atoms with Crippen molar-refractivity contribution in [3.63, 3.8) is 0 Å². The molecule has 0 atom stereocenters. The predicted octanol–water partition coefficient (Wildman–Crippen LogP) is 4.22. The summed E-state index contributed by atoms with van der Waals surface area (Å²) in [5, 5.41) is 19.3. The van der Waals surface area contributed by atoms with Crippen molar-refractivity contribution in [2.45, 2.75) is 64.0 Å². The fourth-order valence-electron chi connectivity index (χ4n) is 3.19. The van der Waals surface area contributed by atoms with Gasteiger partial charge in [-0.05, 0) is 75.1 Å². The maximum atomic E-state index is 13.1. The van der Waals surface area contributed by atoms with Gasteiger partial charge in [-0.1, -0.05) is 26.0 Å². The highest BCUT2D eigenvalue weighted by molar-refractivity contribution is 7.90. The minimum absolute atomic E-state index is 0.0170. The van der Waals surface area contributed by atoms with E-state index in [4.69, 9.17) is 0 Å². The summed E-state index contributed by atoms with van der Waals surface area (Å²) in [5.41, 5.74) is 1.24. The van der Waals surface area contributed by atoms with E-state index in [1.807, 2.05) is 13.8 Å². The van der Waals surface area contributed by atoms with E-state index in [0.29, 0.717) is 16.8 Å². The topological polar surface area (TPSA) is 111 Å². The maximum Gasteiger partial charge on any atom is 0.336 e. The second kappa shape index (κ2) is 9.08. The molecule has 0 saturated carbocycles. The Bertz CT molecular complexity index is 1090. The summed E-state index contributed by atoms with van der Waals surface area (Å²) in [4.78, 5) is 14.4. The van der Waals surface area contributed by atoms with Crippen LogP contribution in [0.1, 0.15) is 64.2 Å². The number of hydrogen-bond acceptors (Lipinski definition) is 5. The molecule has 0 aliphatic heterocycles. The van der Waals surface area contributed by atoms with Crippen LogP contribution in [0.2, 0.25) is 0 Å². The molecule has 0 spiro atoms. The van der Waals surface area contributed by atoms with Gasteiger partial charge in [0.25, 0.3) is 10.0 Å². The van der Waals surface area contributed by atoms with Crippen LogP contribution < -0.4 is 9.62 Å². The number of urea groups is 1. The highest BCUT2D eigenvalue weighted by Gasteiger charge is 2.28. The number of nitrogens with one attached hydrogen (secondary N) is 1. The highest BCUT2D eigenvalue weighted by atomic mass is 32.2. The van der Waals surface area contributed by atoms with Crippen LogP contribution >= 0.6 is 0 Å². The molecule has 0 fully saturated rings. The molecular weight excluding hydrogens is 414 g/mol. The van der Waals surface area contributed by atoms with Crippen LogP contribution in [0.4, 0.5) is 10.5 Å². The van der Waals surface area contributed by atoms with Crippen LogP contribution in [0, 0.1) is 11.3 Å². The molecule has 2 rings (SSSR count). The standard InChI is InChI=1S/C23H29N3O4S/c1-15(2)20-13-17(14-24)7-12-21(20)26(16(3)4)22(27)25-31(29,30)19-10-8-18(9-11-19)23(5,6)28/h7-13,15-16,28H,1-6H3,(H,25,27). The summed E-state index contributed by atoms with van der Waals surface area (Å²) >= 11 is 0. The van der Waals surface area contributed by atoms with Crippen molar-refractivity contribution in [3.05, 3.63) is 59.2 Å². The van der Waals surface area contributed by atoms with Crippen molar-refractivity contribution in [1.29, 1.82) is 5.26 Å². The fourth-order valence-corrected chi connectivity index (χ4v) is 4.13. The number of hydrogen-bond donors (Lipinski definition) is 2. The second-order valence-corrected chi connectivity index (χ2v) is 10.2. The average molecular weight is 444 g/mol. The van der Waals surface area contributed by atoms with Gasteiger partial charge in [0, 0.05) is 11.7 Å². The zero-order valence-electron chi connectivity index (χ0n) is 18.7. The predicted molar refractivity (Wildman–Crippen MR) is 120 cm³/mol. The van der Waals surface area contributed by atoms with Gasteiger partial charge in [0.1, 0.15) is 0 Å². The Kier molecular flexibility index (Phi) is 7.14. The number of amides is 2. The van der Waals surface area contributed by atoms with Crippen molar-refractivity contribution < 1.29 is 18.3 Å². The van der Waals surface area contributed by atoms with Gasteiger partial charge >= 0.3 is 6.03 Å². The van der Waals surface area contributed by atoms with Crippen molar-refractivity contribution in [2.75, 3.05) is 4.90 Å². The number of carbonyl (C=O) groups is 1. The number of aliphatic hydroxyl groups is 1. The van der Waals surface area contributed by atoms with Crippen LogP contribution in [-0.2, 0) is 15.6 Å². The van der Waals surface area contributed by atoms with Crippen molar-refractivity contribution in [2.24, 2.45) is 0 Å². The fraction of sp³-hybridized carbons (Fsp3) is 0.391. The van der Waals surface area contributed by atoms with E-state index in [-0.39, 0.29) is 16.9 Å². The highest BCUT2D eigenvalue weighted by Crippen LogP contribution is 2.30. The molecule has 2 aromatic carbocycles. The Hall–Kier alpha value is -2.89. The van der Waals surface area contributed by atoms with Crippen LogP contribution in [0.25, 0.3) is 0 Å². The molecule has 0 aliphatic carbocycles. The van der Waals surface area contributed by atoms with E-state index < -0.39 is 21.7 Å². The molecule has 166 valence electrons. The normalized spacial score (nSPS) is 12.0. The van der Waals surface area contributed by atoms with Gasteiger partial charge in [0.05, 0.1) is 22.1 Å². The zero-order chi connectivity index (χ0) is 23.6. The van der Waals surface area contributed by atoms with E-state index in [0.717, 1.165) is 5.56 Å². The molecule has 7 nitrogen and oxygen atoms in total. The van der Waals surface area contributed by atoms with Crippen LogP contribution in [-0.4, -0.2) is 25.6 Å². The Morgan fingerprint density at radius 3 is 2.13 bits per heavy atom. The lowest BCUT2D eigenvalue weighted by atomic mass is 9.97. The quantitative estimate of drug-likeness (QED) is 0.694. The minimum atomic E-state index is -4.13. The lowest BCUT2D eigenvalue weighted by molar-refractivity contribution is 0.0785. The number of rotatable bonds is 6. The lowest BCUT2D eigenvalue weighted by Crippen LogP contribution is -2.46. The van der Waals surface area contributed by atoms with Crippen LogP contribution in [0.15, 0.2) is 47.4 Å². The average Bonchev–Trinajstić information content (AvgIpc) is 2.67. The van der Waals surface area contributed by atoms with Crippen molar-refractivity contribution in [3.8, 4) is 6.07 Å². The van der Waals surface area contributed by atoms with Gasteiger partial charge in [0.2, 0.25) is 0 Å². The van der Waals surface area contributed by atoms with Gasteiger partial charge in [-0.2, -0.15) is 5.26 Å². The molecule has 2 amide bonds. The molecule has 0 radical (unpaired) electrons. The van der Waals surface area contributed by atoms with Gasteiger partial charge in [-0.3, -0.25) is 4.90 Å². The molecule has 2 N–H and O–H groups in total. The van der Waals surface area contributed by atoms with Gasteiger partial charge < -0.3 is 5.11 Å². The number of sulfonamides is 1. The molecule has 0 saturated heterocycles. The molecule has 31 heavy (non-hydrogen) atoms. The molecule has 0 aromatic heterocycles. The van der Waals surface area contributed by atoms with Gasteiger partial charge in [-0.15, -0.1) is 0 Å². The molecule has 2 aromatic rings. The summed E-state index contributed by atoms with van der Waals surface area (Å²) in [6.07, 6.45) is 0. The van der Waals surface area contributed by atoms with Crippen LogP contribution in [0.3, 0.4) is 0 Å². The summed E-state index contributed by atoms with van der Waals surface area (Å²) in [6.45, 7) is 10.7. The first kappa shape index (κ1) is 24.4. The Labute approximate surface area is 184 Å². The van der Waals surface area contributed by atoms with E-state index in [1.165, 1.54) is 29.2 Å². The maximum absolute atomic E-state index is 13.1. The van der Waals surface area contributed by atoms with Crippen molar-refractivity contribution in [1.82, 2.24) is 4.72 Å². The lowest BCUT2D eigenvalue weighted by Gasteiger charge is -2.30. The van der Waals surface area contributed by atoms with Crippen LogP contribution in [0.5, 0.6) is 0 Å². The molecular formula is C23H29N3O4S. The first-order valence-electron chi connectivity index (χ1n) is 10.0. The molecule has 0 aliphatic rings. The number of carbonyl (C=O) groups excluding carboxylic acids is 1. The number of benzene rings is 2. The summed E-state index contributed by atoms with van der Waals surface area (Å²) in [7, 11) is -4.13. The van der Waals surface area contributed by atoms with Crippen molar-refractivity contribution >= 4 is 21.7 Å². The van der Waals surface area contributed by atoms with E-state index in [9.17, 15) is 23.6 Å². The smallest absolute Gasteiger partial charge is 0.336 e. The Balaban J connectivity index is 2.40. The first-order valence-corrected chi connectivity index (χ1v) is 11.5. The van der Waals surface area contributed by atoms with E-state index in [2.05, 4.69) is 10.8 Å². The SMILES string of the molecule is CC(C)c1cc(C#N)ccc1N(C(=O)NS(=O)(=O)c1ccc(C(C)(C)O)cc1)C(C)C. The largest absolute Gasteiger partial charge is 0.386 e. The molecule has 0 unspecified atom stereocenters. The number of nitriles is 1.